The average molecular weight is 187 g/mol. The predicted octanol–water partition coefficient (Wildman–Crippen LogP) is 1.87. The minimum absolute atomic E-state index is 0.0729. The van der Waals surface area contributed by atoms with Crippen LogP contribution in [0.4, 0.5) is 0 Å². The lowest BCUT2D eigenvalue weighted by molar-refractivity contribution is 0.564. The summed E-state index contributed by atoms with van der Waals surface area (Å²) in [6.45, 7) is 2.08. The first kappa shape index (κ1) is 9.20. The Morgan fingerprint density at radius 1 is 1.36 bits per heavy atom. The van der Waals surface area contributed by atoms with Crippen LogP contribution in [0.2, 0.25) is 0 Å². The van der Waals surface area contributed by atoms with Crippen molar-refractivity contribution in [3.8, 4) is 0 Å². The fourth-order valence-corrected chi connectivity index (χ4v) is 1.94. The first-order chi connectivity index (χ1) is 6.81. The normalized spacial score (nSPS) is 26.2. The highest BCUT2D eigenvalue weighted by molar-refractivity contribution is 5.57. The molecular formula is C12H13NO. The molecule has 1 aliphatic rings. The van der Waals surface area contributed by atoms with Gasteiger partial charge in [-0.15, -0.1) is 0 Å². The van der Waals surface area contributed by atoms with Crippen molar-refractivity contribution in [1.29, 1.82) is 0 Å². The van der Waals surface area contributed by atoms with Crippen LogP contribution in [0.3, 0.4) is 0 Å². The van der Waals surface area contributed by atoms with Crippen LogP contribution in [0.25, 0.3) is 0 Å². The summed E-state index contributed by atoms with van der Waals surface area (Å²) in [6, 6.07) is 10.5. The van der Waals surface area contributed by atoms with Gasteiger partial charge in [-0.2, -0.15) is 0 Å². The van der Waals surface area contributed by atoms with Gasteiger partial charge >= 0.3 is 0 Å². The Bertz CT molecular complexity index is 365. The second kappa shape index (κ2) is 3.79. The number of hydrogen-bond acceptors (Lipinski definition) is 2. The Labute approximate surface area is 83.6 Å². The van der Waals surface area contributed by atoms with Crippen LogP contribution in [-0.2, 0) is 4.79 Å². The minimum Gasteiger partial charge on any atom is -0.303 e. The van der Waals surface area contributed by atoms with Gasteiger partial charge in [-0.3, -0.25) is 0 Å². The van der Waals surface area contributed by atoms with Gasteiger partial charge in [0.05, 0.1) is 6.04 Å². The van der Waals surface area contributed by atoms with Crippen molar-refractivity contribution in [2.45, 2.75) is 25.4 Å². The van der Waals surface area contributed by atoms with Crippen LogP contribution in [0.5, 0.6) is 0 Å². The van der Waals surface area contributed by atoms with E-state index >= 15 is 0 Å². The number of nitrogens with one attached hydrogen (secondary N) is 1. The summed E-state index contributed by atoms with van der Waals surface area (Å²) < 4.78 is 0. The highest BCUT2D eigenvalue weighted by Crippen LogP contribution is 2.29. The van der Waals surface area contributed by atoms with Crippen LogP contribution in [0.15, 0.2) is 35.9 Å². The molecule has 2 atom stereocenters. The Hall–Kier alpha value is -1.37. The monoisotopic (exact) mass is 187 g/mol. The zero-order valence-electron chi connectivity index (χ0n) is 8.16. The van der Waals surface area contributed by atoms with Gasteiger partial charge in [0.1, 0.15) is 5.94 Å². The molecule has 0 bridgehead atoms. The lowest BCUT2D eigenvalue weighted by atomic mass is 10.0. The maximum atomic E-state index is 10.7. The van der Waals surface area contributed by atoms with Gasteiger partial charge < -0.3 is 5.32 Å². The molecule has 2 unspecified atom stereocenters. The second-order valence-corrected chi connectivity index (χ2v) is 3.74. The molecular weight excluding hydrogens is 174 g/mol. The van der Waals surface area contributed by atoms with E-state index in [2.05, 4.69) is 12.2 Å². The van der Waals surface area contributed by atoms with Crippen molar-refractivity contribution in [3.63, 3.8) is 0 Å². The van der Waals surface area contributed by atoms with E-state index in [4.69, 9.17) is 0 Å². The lowest BCUT2D eigenvalue weighted by Crippen LogP contribution is -2.21. The van der Waals surface area contributed by atoms with E-state index in [1.807, 2.05) is 36.3 Å². The fourth-order valence-electron chi connectivity index (χ4n) is 1.94. The van der Waals surface area contributed by atoms with E-state index in [0.717, 1.165) is 17.6 Å². The van der Waals surface area contributed by atoms with Crippen LogP contribution in [0.1, 0.15) is 24.9 Å². The van der Waals surface area contributed by atoms with Crippen molar-refractivity contribution in [2.75, 3.05) is 0 Å². The summed E-state index contributed by atoms with van der Waals surface area (Å²) >= 11 is 0. The smallest absolute Gasteiger partial charge is 0.125 e. The fraction of sp³-hybridized carbons (Fsp3) is 0.333. The zero-order chi connectivity index (χ0) is 9.97. The summed E-state index contributed by atoms with van der Waals surface area (Å²) in [6.07, 6.45) is 0.809. The zero-order valence-corrected chi connectivity index (χ0v) is 8.16. The van der Waals surface area contributed by atoms with Crippen LogP contribution >= 0.6 is 0 Å². The molecule has 1 aromatic rings. The molecule has 0 radical (unpaired) electrons. The largest absolute Gasteiger partial charge is 0.303 e. The number of carbonyl (C=O) groups excluding carboxylic acids is 1. The van der Waals surface area contributed by atoms with Crippen molar-refractivity contribution < 1.29 is 4.79 Å². The third-order valence-electron chi connectivity index (χ3n) is 2.59. The summed E-state index contributed by atoms with van der Waals surface area (Å²) in [7, 11) is 0. The number of hydrogen-bond donors (Lipinski definition) is 1. The maximum Gasteiger partial charge on any atom is 0.125 e. The molecule has 0 aromatic heterocycles. The van der Waals surface area contributed by atoms with Crippen molar-refractivity contribution in [3.05, 3.63) is 41.5 Å². The van der Waals surface area contributed by atoms with Crippen molar-refractivity contribution >= 4 is 5.94 Å². The van der Waals surface area contributed by atoms with Gasteiger partial charge in [0.25, 0.3) is 0 Å². The van der Waals surface area contributed by atoms with Crippen LogP contribution in [-0.4, -0.2) is 12.0 Å². The number of benzene rings is 1. The second-order valence-electron chi connectivity index (χ2n) is 3.74. The topological polar surface area (TPSA) is 29.1 Å². The molecule has 14 heavy (non-hydrogen) atoms. The first-order valence-electron chi connectivity index (χ1n) is 4.86. The summed E-state index contributed by atoms with van der Waals surface area (Å²) in [5.74, 6) is 2.05. The van der Waals surface area contributed by atoms with E-state index in [0.29, 0.717) is 6.04 Å². The Morgan fingerprint density at radius 3 is 2.71 bits per heavy atom. The third kappa shape index (κ3) is 1.63. The van der Waals surface area contributed by atoms with Crippen LogP contribution < -0.4 is 5.32 Å². The molecule has 0 spiro atoms. The summed E-state index contributed by atoms with van der Waals surface area (Å²) in [5, 5.41) is 3.37. The van der Waals surface area contributed by atoms with Gasteiger partial charge in [0.2, 0.25) is 0 Å². The van der Waals surface area contributed by atoms with E-state index in [1.54, 1.807) is 0 Å². The first-order valence-corrected chi connectivity index (χ1v) is 4.86. The van der Waals surface area contributed by atoms with Crippen LogP contribution in [0, 0.1) is 0 Å². The molecule has 2 nitrogen and oxygen atoms in total. The van der Waals surface area contributed by atoms with E-state index in [9.17, 15) is 4.79 Å². The van der Waals surface area contributed by atoms with E-state index in [1.165, 1.54) is 0 Å². The molecule has 2 rings (SSSR count). The molecule has 72 valence electrons. The molecule has 1 saturated heterocycles. The molecule has 1 heterocycles. The molecule has 0 aliphatic carbocycles. The summed E-state index contributed by atoms with van der Waals surface area (Å²) in [4.78, 5) is 10.7. The minimum atomic E-state index is 0.0729. The number of rotatable bonds is 1. The maximum absolute atomic E-state index is 10.7. The molecule has 1 aromatic carbocycles. The third-order valence-corrected chi connectivity index (χ3v) is 2.59. The Balaban J connectivity index is 2.31. The molecule has 0 amide bonds. The molecule has 2 heteroatoms. The van der Waals surface area contributed by atoms with E-state index in [-0.39, 0.29) is 6.04 Å². The quantitative estimate of drug-likeness (QED) is 0.680. The standard InChI is InChI=1S/C12H13NO/c1-9-7-11(8-14)12(13-9)10-5-3-2-4-6-10/h2-6,9,12-13H,7H2,1H3. The van der Waals surface area contributed by atoms with Gasteiger partial charge in [-0.25, -0.2) is 4.79 Å². The van der Waals surface area contributed by atoms with Gasteiger partial charge in [0.15, 0.2) is 0 Å². The highest BCUT2D eigenvalue weighted by atomic mass is 16.1. The molecule has 1 fully saturated rings. The Morgan fingerprint density at radius 2 is 2.07 bits per heavy atom. The molecule has 1 N–H and O–H groups in total. The average Bonchev–Trinajstić information content (AvgIpc) is 2.61. The molecule has 1 aliphatic heterocycles. The van der Waals surface area contributed by atoms with Gasteiger partial charge in [0, 0.05) is 11.6 Å². The lowest BCUT2D eigenvalue weighted by Gasteiger charge is -2.11. The van der Waals surface area contributed by atoms with E-state index < -0.39 is 0 Å². The predicted molar refractivity (Wildman–Crippen MR) is 55.6 cm³/mol. The highest BCUT2D eigenvalue weighted by Gasteiger charge is 2.27. The molecule has 0 saturated carbocycles. The van der Waals surface area contributed by atoms with Gasteiger partial charge in [-0.05, 0) is 18.9 Å². The van der Waals surface area contributed by atoms with Crippen molar-refractivity contribution in [1.82, 2.24) is 5.32 Å². The summed E-state index contributed by atoms with van der Waals surface area (Å²) in [5.41, 5.74) is 1.99. The van der Waals surface area contributed by atoms with Gasteiger partial charge in [-0.1, -0.05) is 30.3 Å². The van der Waals surface area contributed by atoms with Crippen molar-refractivity contribution in [2.24, 2.45) is 0 Å². The Kier molecular flexibility index (Phi) is 2.49. The SMILES string of the molecule is CC1CC(=C=O)C(c2ccccc2)N1.